The Bertz CT molecular complexity index is 477. The third kappa shape index (κ3) is 4.40. The molecule has 0 saturated heterocycles. The summed E-state index contributed by atoms with van der Waals surface area (Å²) in [4.78, 5) is 12.5. The van der Waals surface area contributed by atoms with Gasteiger partial charge in [-0.2, -0.15) is 0 Å². The molecule has 1 aromatic rings. The highest BCUT2D eigenvalue weighted by Gasteiger charge is 2.15. The van der Waals surface area contributed by atoms with E-state index in [1.54, 1.807) is 25.3 Å². The fourth-order valence-electron chi connectivity index (χ4n) is 1.64. The molecule has 0 heterocycles. The zero-order valence-corrected chi connectivity index (χ0v) is 12.0. The Kier molecular flexibility index (Phi) is 5.57. The largest absolute Gasteiger partial charge is 0.497 e. The second-order valence-corrected chi connectivity index (χ2v) is 4.64. The molecule has 0 radical (unpaired) electrons. The molecule has 0 spiro atoms. The van der Waals surface area contributed by atoms with Gasteiger partial charge in [0.1, 0.15) is 11.5 Å². The van der Waals surface area contributed by atoms with E-state index in [2.05, 4.69) is 5.32 Å². The van der Waals surface area contributed by atoms with E-state index >= 15 is 0 Å². The minimum absolute atomic E-state index is 0.128. The van der Waals surface area contributed by atoms with Crippen molar-refractivity contribution in [3.05, 3.63) is 23.8 Å². The number of nitrogens with two attached hydrogens (primary N) is 1. The molecule has 5 nitrogen and oxygen atoms in total. The Balaban J connectivity index is 2.84. The molecule has 19 heavy (non-hydrogen) atoms. The quantitative estimate of drug-likeness (QED) is 0.774. The fourth-order valence-corrected chi connectivity index (χ4v) is 1.89. The molecular formula is C13H18N2O3S. The van der Waals surface area contributed by atoms with Crippen LogP contribution in [-0.4, -0.2) is 31.2 Å². The molecule has 0 aliphatic carbocycles. The second-order valence-electron chi connectivity index (χ2n) is 4.11. The van der Waals surface area contributed by atoms with Gasteiger partial charge in [-0.25, -0.2) is 0 Å². The lowest BCUT2D eigenvalue weighted by molar-refractivity contribution is 0.0938. The van der Waals surface area contributed by atoms with Crippen LogP contribution in [0.4, 0.5) is 0 Å². The van der Waals surface area contributed by atoms with Crippen molar-refractivity contribution in [2.45, 2.75) is 19.4 Å². The Morgan fingerprint density at radius 2 is 2.11 bits per heavy atom. The third-order valence-electron chi connectivity index (χ3n) is 2.54. The summed E-state index contributed by atoms with van der Waals surface area (Å²) in [6.07, 6.45) is 0.458. The SMILES string of the molecule is COc1ccc(C(=O)NC(C)CC(N)=S)c(OC)c1. The number of carbonyl (C=O) groups excluding carboxylic acids is 1. The van der Waals surface area contributed by atoms with Gasteiger partial charge < -0.3 is 20.5 Å². The lowest BCUT2D eigenvalue weighted by atomic mass is 10.1. The van der Waals surface area contributed by atoms with E-state index in [9.17, 15) is 4.79 Å². The molecule has 0 aromatic heterocycles. The minimum atomic E-state index is -0.233. The van der Waals surface area contributed by atoms with E-state index in [4.69, 9.17) is 27.4 Å². The van der Waals surface area contributed by atoms with Crippen LogP contribution in [0.2, 0.25) is 0 Å². The predicted octanol–water partition coefficient (Wildman–Crippen LogP) is 1.50. The summed E-state index contributed by atoms with van der Waals surface area (Å²) >= 11 is 4.81. The molecule has 1 rings (SSSR count). The van der Waals surface area contributed by atoms with Crippen LogP contribution in [0.3, 0.4) is 0 Å². The molecule has 0 fully saturated rings. The Morgan fingerprint density at radius 1 is 1.42 bits per heavy atom. The van der Waals surface area contributed by atoms with Gasteiger partial charge in [-0.1, -0.05) is 12.2 Å². The van der Waals surface area contributed by atoms with Gasteiger partial charge in [-0.15, -0.1) is 0 Å². The fraction of sp³-hybridized carbons (Fsp3) is 0.385. The molecule has 104 valence electrons. The molecule has 1 atom stereocenters. The smallest absolute Gasteiger partial charge is 0.255 e. The number of amides is 1. The van der Waals surface area contributed by atoms with Crippen molar-refractivity contribution in [3.63, 3.8) is 0 Å². The highest BCUT2D eigenvalue weighted by Crippen LogP contribution is 2.24. The highest BCUT2D eigenvalue weighted by atomic mass is 32.1. The van der Waals surface area contributed by atoms with Gasteiger partial charge in [0.05, 0.1) is 24.8 Å². The normalized spacial score (nSPS) is 11.5. The number of nitrogens with one attached hydrogen (secondary N) is 1. The standard InChI is InChI=1S/C13H18N2O3S/c1-8(6-12(14)19)15-13(16)10-5-4-9(17-2)7-11(10)18-3/h4-5,7-8H,6H2,1-3H3,(H2,14,19)(H,15,16). The molecule has 0 bridgehead atoms. The summed E-state index contributed by atoms with van der Waals surface area (Å²) in [5.74, 6) is 0.854. The topological polar surface area (TPSA) is 73.6 Å². The first-order chi connectivity index (χ1) is 8.97. The van der Waals surface area contributed by atoms with E-state index < -0.39 is 0 Å². The van der Waals surface area contributed by atoms with Crippen LogP contribution in [0.1, 0.15) is 23.7 Å². The number of rotatable bonds is 6. The predicted molar refractivity (Wildman–Crippen MR) is 77.9 cm³/mol. The number of methoxy groups -OCH3 is 2. The van der Waals surface area contributed by atoms with Gasteiger partial charge in [0, 0.05) is 18.5 Å². The summed E-state index contributed by atoms with van der Waals surface area (Å²) in [6, 6.07) is 4.89. The van der Waals surface area contributed by atoms with Crippen LogP contribution in [0.25, 0.3) is 0 Å². The van der Waals surface area contributed by atoms with Gasteiger partial charge in [0.25, 0.3) is 5.91 Å². The van der Waals surface area contributed by atoms with Crippen LogP contribution in [0, 0.1) is 0 Å². The Hall–Kier alpha value is -1.82. The summed E-state index contributed by atoms with van der Waals surface area (Å²) < 4.78 is 10.3. The van der Waals surface area contributed by atoms with E-state index in [-0.39, 0.29) is 11.9 Å². The minimum Gasteiger partial charge on any atom is -0.497 e. The van der Waals surface area contributed by atoms with Crippen molar-refractivity contribution < 1.29 is 14.3 Å². The van der Waals surface area contributed by atoms with Gasteiger partial charge >= 0.3 is 0 Å². The zero-order valence-electron chi connectivity index (χ0n) is 11.2. The lowest BCUT2D eigenvalue weighted by Crippen LogP contribution is -2.35. The second kappa shape index (κ2) is 6.94. The maximum atomic E-state index is 12.1. The Labute approximate surface area is 118 Å². The maximum Gasteiger partial charge on any atom is 0.255 e. The average molecular weight is 282 g/mol. The molecule has 0 aliphatic heterocycles. The highest BCUT2D eigenvalue weighted by molar-refractivity contribution is 7.80. The van der Waals surface area contributed by atoms with Gasteiger partial charge in [-0.05, 0) is 19.1 Å². The first kappa shape index (κ1) is 15.2. The number of ether oxygens (including phenoxy) is 2. The Morgan fingerprint density at radius 3 is 2.63 bits per heavy atom. The molecular weight excluding hydrogens is 264 g/mol. The van der Waals surface area contributed by atoms with Crippen LogP contribution in [-0.2, 0) is 0 Å². The molecule has 0 saturated carbocycles. The summed E-state index contributed by atoms with van der Waals surface area (Å²) in [5.41, 5.74) is 5.88. The van der Waals surface area contributed by atoms with E-state index in [0.717, 1.165) is 0 Å². The monoisotopic (exact) mass is 282 g/mol. The lowest BCUT2D eigenvalue weighted by Gasteiger charge is -2.15. The molecule has 1 unspecified atom stereocenters. The van der Waals surface area contributed by atoms with Gasteiger partial charge in [-0.3, -0.25) is 4.79 Å². The van der Waals surface area contributed by atoms with Crippen LogP contribution in [0.15, 0.2) is 18.2 Å². The van der Waals surface area contributed by atoms with E-state index in [1.165, 1.54) is 7.11 Å². The number of thiocarbonyl (C=S) groups is 1. The summed E-state index contributed by atoms with van der Waals surface area (Å²) in [6.45, 7) is 1.84. The number of carbonyl (C=O) groups is 1. The van der Waals surface area contributed by atoms with Gasteiger partial charge in [0.2, 0.25) is 0 Å². The van der Waals surface area contributed by atoms with Crippen molar-refractivity contribution in [2.24, 2.45) is 5.73 Å². The number of benzene rings is 1. The molecule has 1 amide bonds. The first-order valence-electron chi connectivity index (χ1n) is 5.79. The van der Waals surface area contributed by atoms with Crippen molar-refractivity contribution in [3.8, 4) is 11.5 Å². The third-order valence-corrected chi connectivity index (χ3v) is 2.70. The molecule has 1 aromatic carbocycles. The van der Waals surface area contributed by atoms with E-state index in [1.807, 2.05) is 6.92 Å². The van der Waals surface area contributed by atoms with Crippen LogP contribution < -0.4 is 20.5 Å². The zero-order chi connectivity index (χ0) is 14.4. The maximum absolute atomic E-state index is 12.1. The summed E-state index contributed by atoms with van der Waals surface area (Å²) in [5, 5.41) is 2.81. The van der Waals surface area contributed by atoms with Crippen molar-refractivity contribution in [2.75, 3.05) is 14.2 Å². The van der Waals surface area contributed by atoms with Crippen molar-refractivity contribution in [1.29, 1.82) is 0 Å². The van der Waals surface area contributed by atoms with Crippen LogP contribution >= 0.6 is 12.2 Å². The average Bonchev–Trinajstić information content (AvgIpc) is 2.36. The summed E-state index contributed by atoms with van der Waals surface area (Å²) in [7, 11) is 3.06. The van der Waals surface area contributed by atoms with Gasteiger partial charge in [0.15, 0.2) is 0 Å². The van der Waals surface area contributed by atoms with E-state index in [0.29, 0.717) is 28.5 Å². The van der Waals surface area contributed by atoms with Crippen molar-refractivity contribution >= 4 is 23.1 Å². The molecule has 0 aliphatic rings. The first-order valence-corrected chi connectivity index (χ1v) is 6.20. The molecule has 3 N–H and O–H groups in total. The molecule has 6 heteroatoms. The number of hydrogen-bond acceptors (Lipinski definition) is 4. The number of hydrogen-bond donors (Lipinski definition) is 2. The van der Waals surface area contributed by atoms with Crippen LogP contribution in [0.5, 0.6) is 11.5 Å². The van der Waals surface area contributed by atoms with Crippen molar-refractivity contribution in [1.82, 2.24) is 5.32 Å².